The number of aryl methyl sites for hydroxylation is 1. The maximum atomic E-state index is 12.9. The molecule has 0 unspecified atom stereocenters. The predicted octanol–water partition coefficient (Wildman–Crippen LogP) is 4.69. The van der Waals surface area contributed by atoms with Crippen LogP contribution in [0.3, 0.4) is 0 Å². The van der Waals surface area contributed by atoms with Gasteiger partial charge in [0.25, 0.3) is 5.91 Å². The molecule has 0 atom stereocenters. The monoisotopic (exact) mass is 485 g/mol. The van der Waals surface area contributed by atoms with Crippen LogP contribution in [0.1, 0.15) is 63.9 Å². The second-order valence-corrected chi connectivity index (χ2v) is 9.65. The van der Waals surface area contributed by atoms with E-state index in [1.54, 1.807) is 18.7 Å². The van der Waals surface area contributed by atoms with Crippen LogP contribution in [0, 0.1) is 18.3 Å². The third-order valence-electron chi connectivity index (χ3n) is 7.01. The fourth-order valence-corrected chi connectivity index (χ4v) is 5.05. The van der Waals surface area contributed by atoms with Crippen LogP contribution in [-0.4, -0.2) is 58.6 Å². The molecule has 0 bridgehead atoms. The third-order valence-corrected chi connectivity index (χ3v) is 7.01. The van der Waals surface area contributed by atoms with Gasteiger partial charge >= 0.3 is 6.18 Å². The number of fused-ring (bicyclic) bond motifs is 1. The second-order valence-electron chi connectivity index (χ2n) is 9.65. The van der Waals surface area contributed by atoms with Crippen molar-refractivity contribution in [2.75, 3.05) is 27.2 Å². The normalized spacial score (nSPS) is 16.7. The molecular formula is C26H30F3N5O. The van der Waals surface area contributed by atoms with E-state index < -0.39 is 12.6 Å². The number of benzene rings is 1. The first-order valence-electron chi connectivity index (χ1n) is 11.9. The number of nitrogens with zero attached hydrogens (tertiary/aromatic N) is 5. The molecule has 9 heteroatoms. The number of hydrogen-bond donors (Lipinski definition) is 0. The van der Waals surface area contributed by atoms with Crippen LogP contribution >= 0.6 is 0 Å². The van der Waals surface area contributed by atoms with Crippen LogP contribution in [-0.2, 0) is 19.4 Å². The Morgan fingerprint density at radius 1 is 1.26 bits per heavy atom. The Balaban J connectivity index is 1.48. The van der Waals surface area contributed by atoms with Crippen molar-refractivity contribution in [3.63, 3.8) is 0 Å². The van der Waals surface area contributed by atoms with Gasteiger partial charge in [-0.05, 0) is 54.5 Å². The highest BCUT2D eigenvalue weighted by Crippen LogP contribution is 2.32. The zero-order chi connectivity index (χ0) is 25.3. The molecule has 1 aliphatic heterocycles. The summed E-state index contributed by atoms with van der Waals surface area (Å²) in [5, 5.41) is 9.23. The zero-order valence-corrected chi connectivity index (χ0v) is 20.3. The molecule has 0 N–H and O–H groups in total. The van der Waals surface area contributed by atoms with E-state index in [1.807, 2.05) is 6.08 Å². The van der Waals surface area contributed by atoms with Crippen molar-refractivity contribution in [2.24, 2.45) is 0 Å². The molecule has 0 saturated carbocycles. The molecule has 6 nitrogen and oxygen atoms in total. The molecule has 186 valence electrons. The first kappa shape index (κ1) is 25.0. The lowest BCUT2D eigenvalue weighted by Gasteiger charge is -2.34. The highest BCUT2D eigenvalue weighted by Gasteiger charge is 2.31. The van der Waals surface area contributed by atoms with Crippen LogP contribution < -0.4 is 0 Å². The topological polar surface area (TPSA) is 65.2 Å². The largest absolute Gasteiger partial charge is 0.389 e. The first-order chi connectivity index (χ1) is 16.6. The second kappa shape index (κ2) is 9.86. The summed E-state index contributed by atoms with van der Waals surface area (Å²) in [4.78, 5) is 20.7. The van der Waals surface area contributed by atoms with Crippen LogP contribution in [0.15, 0.2) is 23.9 Å². The number of imidazole rings is 1. The Morgan fingerprint density at radius 2 is 1.97 bits per heavy atom. The molecule has 1 aliphatic carbocycles. The van der Waals surface area contributed by atoms with Gasteiger partial charge in [-0.15, -0.1) is 0 Å². The SMILES string of the molecule is Cc1c(CN2CCC(n3c(CCC(F)(F)F)cnc3C(=O)N(C)C)CC2)ccc2c1C=C(C#N)C2. The summed E-state index contributed by atoms with van der Waals surface area (Å²) in [6, 6.07) is 6.41. The molecule has 1 saturated heterocycles. The Bertz CT molecular complexity index is 1180. The third kappa shape index (κ3) is 5.43. The lowest BCUT2D eigenvalue weighted by atomic mass is 9.97. The fourth-order valence-electron chi connectivity index (χ4n) is 5.05. The number of piperidine rings is 1. The van der Waals surface area contributed by atoms with Gasteiger partial charge < -0.3 is 9.47 Å². The maximum Gasteiger partial charge on any atom is 0.389 e. The number of rotatable bonds is 6. The average molecular weight is 486 g/mol. The quantitative estimate of drug-likeness (QED) is 0.596. The number of allylic oxidation sites excluding steroid dienone is 1. The molecule has 1 aromatic heterocycles. The van der Waals surface area contributed by atoms with E-state index >= 15 is 0 Å². The lowest BCUT2D eigenvalue weighted by Crippen LogP contribution is -2.36. The summed E-state index contributed by atoms with van der Waals surface area (Å²) in [6.45, 7) is 4.41. The number of hydrogen-bond acceptors (Lipinski definition) is 4. The molecule has 2 aromatic rings. The van der Waals surface area contributed by atoms with Crippen molar-refractivity contribution in [3.05, 3.63) is 57.7 Å². The highest BCUT2D eigenvalue weighted by atomic mass is 19.4. The molecule has 1 aromatic carbocycles. The maximum absolute atomic E-state index is 12.9. The van der Waals surface area contributed by atoms with Crippen LogP contribution in [0.4, 0.5) is 13.2 Å². The fraction of sp³-hybridized carbons (Fsp3) is 0.500. The van der Waals surface area contributed by atoms with E-state index in [0.717, 1.165) is 43.6 Å². The minimum Gasteiger partial charge on any atom is -0.342 e. The van der Waals surface area contributed by atoms with E-state index in [0.29, 0.717) is 12.1 Å². The van der Waals surface area contributed by atoms with Gasteiger partial charge in [-0.3, -0.25) is 9.69 Å². The number of nitriles is 1. The number of halogens is 3. The minimum absolute atomic E-state index is 0.0712. The standard InChI is InChI=1S/C26H30F3N5O/c1-17-20(5-4-19-12-18(14-30)13-23(17)19)16-33-10-7-21(8-11-33)34-22(6-9-26(27,28)29)15-31-24(34)25(35)32(2)3/h4-5,13,15,21H,6-12,16H2,1-3H3. The van der Waals surface area contributed by atoms with E-state index in [2.05, 4.69) is 35.0 Å². The molecule has 2 aliphatic rings. The molecule has 1 amide bonds. The highest BCUT2D eigenvalue weighted by molar-refractivity contribution is 5.90. The van der Waals surface area contributed by atoms with Crippen molar-refractivity contribution in [2.45, 2.75) is 57.8 Å². The number of carbonyl (C=O) groups excluding carboxylic acids is 1. The number of aromatic nitrogens is 2. The average Bonchev–Trinajstić information content (AvgIpc) is 3.43. The molecule has 2 heterocycles. The van der Waals surface area contributed by atoms with Gasteiger partial charge in [0, 0.05) is 70.1 Å². The van der Waals surface area contributed by atoms with Gasteiger partial charge in [0.1, 0.15) is 0 Å². The number of amides is 1. The van der Waals surface area contributed by atoms with Gasteiger partial charge in [-0.2, -0.15) is 18.4 Å². The Hall–Kier alpha value is -3.12. The zero-order valence-electron chi connectivity index (χ0n) is 20.3. The molecule has 1 fully saturated rings. The van der Waals surface area contributed by atoms with Gasteiger partial charge in [0.2, 0.25) is 0 Å². The predicted molar refractivity (Wildman–Crippen MR) is 127 cm³/mol. The summed E-state index contributed by atoms with van der Waals surface area (Å²) >= 11 is 0. The summed E-state index contributed by atoms with van der Waals surface area (Å²) in [5.74, 6) is -0.0931. The van der Waals surface area contributed by atoms with Gasteiger partial charge in [0.15, 0.2) is 5.82 Å². The van der Waals surface area contributed by atoms with Crippen LogP contribution in [0.2, 0.25) is 0 Å². The van der Waals surface area contributed by atoms with Crippen LogP contribution in [0.5, 0.6) is 0 Å². The lowest BCUT2D eigenvalue weighted by molar-refractivity contribution is -0.134. The number of carbonyl (C=O) groups is 1. The van der Waals surface area contributed by atoms with Crippen molar-refractivity contribution in [3.8, 4) is 6.07 Å². The van der Waals surface area contributed by atoms with Crippen molar-refractivity contribution in [1.82, 2.24) is 19.4 Å². The molecule has 0 radical (unpaired) electrons. The molecule has 0 spiro atoms. The molecule has 4 rings (SSSR count). The van der Waals surface area contributed by atoms with Crippen molar-refractivity contribution >= 4 is 12.0 Å². The summed E-state index contributed by atoms with van der Waals surface area (Å²) in [7, 11) is 3.24. The van der Waals surface area contributed by atoms with Crippen molar-refractivity contribution in [1.29, 1.82) is 5.26 Å². The molecular weight excluding hydrogens is 455 g/mol. The van der Waals surface area contributed by atoms with Gasteiger partial charge in [-0.1, -0.05) is 12.1 Å². The van der Waals surface area contributed by atoms with E-state index in [-0.39, 0.29) is 24.2 Å². The first-order valence-corrected chi connectivity index (χ1v) is 11.9. The van der Waals surface area contributed by atoms with E-state index in [4.69, 9.17) is 0 Å². The van der Waals surface area contributed by atoms with Crippen molar-refractivity contribution < 1.29 is 18.0 Å². The number of alkyl halides is 3. The minimum atomic E-state index is -4.26. The van der Waals surface area contributed by atoms with Gasteiger partial charge in [0.05, 0.1) is 6.07 Å². The Morgan fingerprint density at radius 3 is 2.60 bits per heavy atom. The van der Waals surface area contributed by atoms with Gasteiger partial charge in [-0.25, -0.2) is 4.98 Å². The van der Waals surface area contributed by atoms with E-state index in [9.17, 15) is 23.2 Å². The molecule has 35 heavy (non-hydrogen) atoms. The summed E-state index contributed by atoms with van der Waals surface area (Å²) in [5.41, 5.74) is 5.98. The summed E-state index contributed by atoms with van der Waals surface area (Å²) < 4.78 is 40.4. The summed E-state index contributed by atoms with van der Waals surface area (Å²) in [6.07, 6.45) is 0.153. The van der Waals surface area contributed by atoms with Crippen LogP contribution in [0.25, 0.3) is 6.08 Å². The Labute approximate surface area is 203 Å². The Kier molecular flexibility index (Phi) is 7.04. The smallest absolute Gasteiger partial charge is 0.342 e. The van der Waals surface area contributed by atoms with E-state index in [1.165, 1.54) is 27.8 Å². The number of likely N-dealkylation sites (tertiary alicyclic amines) is 1.